The van der Waals surface area contributed by atoms with Crippen LogP contribution < -0.4 is 0 Å². The smallest absolute Gasteiger partial charge is 0.304 e. The van der Waals surface area contributed by atoms with Gasteiger partial charge in [-0.25, -0.2) is 8.42 Å². The Kier molecular flexibility index (Phi) is 9.36. The van der Waals surface area contributed by atoms with E-state index in [9.17, 15) is 23.1 Å². The van der Waals surface area contributed by atoms with Crippen LogP contribution in [0.4, 0.5) is 0 Å². The van der Waals surface area contributed by atoms with E-state index in [-0.39, 0.29) is 30.4 Å². The number of carbonyl (C=O) groups excluding carboxylic acids is 1. The number of likely N-dealkylation sites (tertiary alicyclic amines) is 1. The molecule has 2 aromatic carbocycles. The summed E-state index contributed by atoms with van der Waals surface area (Å²) < 4.78 is 26.5. The molecule has 1 aliphatic rings. The van der Waals surface area contributed by atoms with Crippen molar-refractivity contribution in [3.8, 4) is 0 Å². The van der Waals surface area contributed by atoms with Crippen molar-refractivity contribution in [3.05, 3.63) is 69.7 Å². The minimum absolute atomic E-state index is 0.195. The highest BCUT2D eigenvalue weighted by Gasteiger charge is 2.52. The molecule has 202 valence electrons. The summed E-state index contributed by atoms with van der Waals surface area (Å²) >= 11 is 12.5. The summed E-state index contributed by atoms with van der Waals surface area (Å²) in [7, 11) is -3.51. The summed E-state index contributed by atoms with van der Waals surface area (Å²) in [5.74, 6) is -1.94. The number of hydrogen-bond acceptors (Lipinski definition) is 4. The topological polar surface area (TPSA) is 91.8 Å². The number of halogens is 2. The zero-order chi connectivity index (χ0) is 27.5. The lowest BCUT2D eigenvalue weighted by Gasteiger charge is -2.52. The lowest BCUT2D eigenvalue weighted by Crippen LogP contribution is -2.57. The molecule has 9 heteroatoms. The van der Waals surface area contributed by atoms with Gasteiger partial charge in [0.1, 0.15) is 0 Å². The molecular formula is C28H35Cl2NO5S. The number of sulfone groups is 1. The molecule has 1 fully saturated rings. The second-order valence-electron chi connectivity index (χ2n) is 10.3. The van der Waals surface area contributed by atoms with Gasteiger partial charge in [-0.3, -0.25) is 9.59 Å². The van der Waals surface area contributed by atoms with Crippen molar-refractivity contribution in [2.24, 2.45) is 5.41 Å². The maximum absolute atomic E-state index is 14.2. The van der Waals surface area contributed by atoms with Gasteiger partial charge in [0.25, 0.3) is 0 Å². The lowest BCUT2D eigenvalue weighted by molar-refractivity contribution is -0.160. The van der Waals surface area contributed by atoms with E-state index < -0.39 is 38.6 Å². The van der Waals surface area contributed by atoms with Gasteiger partial charge < -0.3 is 10.0 Å². The SMILES string of the molecule is CC[C@@H](CS(=O)(=O)[C@@H](C)CC)N1C(=O)[C@@](C)(CC(=O)O)CC(c2cccc(Cl)c2)[C@H]1c1ccc(Cl)cc1. The van der Waals surface area contributed by atoms with E-state index in [1.807, 2.05) is 44.2 Å². The number of benzene rings is 2. The first kappa shape index (κ1) is 29.5. The number of aliphatic carboxylic acids is 1. The van der Waals surface area contributed by atoms with Gasteiger partial charge in [0.15, 0.2) is 9.84 Å². The van der Waals surface area contributed by atoms with Crippen LogP contribution in [0.25, 0.3) is 0 Å². The number of carboxylic acid groups (broad SMARTS) is 1. The molecule has 6 nitrogen and oxygen atoms in total. The zero-order valence-electron chi connectivity index (χ0n) is 21.7. The molecule has 1 aliphatic heterocycles. The third kappa shape index (κ3) is 6.50. The Hall–Kier alpha value is -2.09. The normalized spacial score (nSPS) is 24.1. The largest absolute Gasteiger partial charge is 0.481 e. The molecule has 0 saturated carbocycles. The molecule has 1 unspecified atom stereocenters. The third-order valence-electron chi connectivity index (χ3n) is 7.61. The van der Waals surface area contributed by atoms with Gasteiger partial charge >= 0.3 is 5.97 Å². The van der Waals surface area contributed by atoms with Crippen LogP contribution >= 0.6 is 23.2 Å². The second-order valence-corrected chi connectivity index (χ2v) is 13.7. The summed E-state index contributed by atoms with van der Waals surface area (Å²) in [6.07, 6.45) is 0.782. The number of nitrogens with zero attached hydrogens (tertiary/aromatic N) is 1. The number of hydrogen-bond donors (Lipinski definition) is 1. The van der Waals surface area contributed by atoms with E-state index in [1.165, 1.54) is 0 Å². The fourth-order valence-electron chi connectivity index (χ4n) is 5.36. The van der Waals surface area contributed by atoms with Crippen molar-refractivity contribution in [1.29, 1.82) is 0 Å². The molecule has 3 rings (SSSR count). The Morgan fingerprint density at radius 1 is 1.08 bits per heavy atom. The van der Waals surface area contributed by atoms with Crippen LogP contribution in [-0.2, 0) is 19.4 Å². The van der Waals surface area contributed by atoms with Crippen LogP contribution in [0.1, 0.15) is 76.5 Å². The van der Waals surface area contributed by atoms with E-state index >= 15 is 0 Å². The number of carboxylic acids is 1. The Bertz CT molecular complexity index is 1230. The van der Waals surface area contributed by atoms with Crippen LogP contribution in [-0.4, -0.2) is 47.3 Å². The molecule has 0 radical (unpaired) electrons. The number of carbonyl (C=O) groups is 2. The standard InChI is InChI=1S/C28H35Cl2NO5S/c1-5-18(3)37(35,36)17-23(6-2)31-26(19-10-12-21(29)13-11-19)24(20-8-7-9-22(30)14-20)15-28(4,27(31)34)16-25(32)33/h7-14,18,23-24,26H,5-6,15-17H2,1-4H3,(H,32,33)/t18-,23-,24?,26+,28+/m0/s1. The Balaban J connectivity index is 2.25. The summed E-state index contributed by atoms with van der Waals surface area (Å²) in [6, 6.07) is 13.4. The van der Waals surface area contributed by atoms with Crippen LogP contribution in [0.5, 0.6) is 0 Å². The van der Waals surface area contributed by atoms with Gasteiger partial charge in [-0.15, -0.1) is 0 Å². The molecule has 1 heterocycles. The molecule has 0 aliphatic carbocycles. The Morgan fingerprint density at radius 2 is 1.73 bits per heavy atom. The minimum Gasteiger partial charge on any atom is -0.481 e. The molecule has 37 heavy (non-hydrogen) atoms. The highest BCUT2D eigenvalue weighted by atomic mass is 35.5. The monoisotopic (exact) mass is 567 g/mol. The van der Waals surface area contributed by atoms with Gasteiger partial charge in [0, 0.05) is 22.0 Å². The molecule has 1 saturated heterocycles. The van der Waals surface area contributed by atoms with E-state index in [0.29, 0.717) is 22.9 Å². The van der Waals surface area contributed by atoms with Crippen molar-refractivity contribution >= 4 is 44.9 Å². The molecule has 5 atom stereocenters. The van der Waals surface area contributed by atoms with Crippen LogP contribution in [0.15, 0.2) is 48.5 Å². The van der Waals surface area contributed by atoms with Crippen molar-refractivity contribution in [1.82, 2.24) is 4.90 Å². The molecule has 0 spiro atoms. The minimum atomic E-state index is -3.51. The van der Waals surface area contributed by atoms with Crippen molar-refractivity contribution in [3.63, 3.8) is 0 Å². The summed E-state index contributed by atoms with van der Waals surface area (Å²) in [6.45, 7) is 7.04. The van der Waals surface area contributed by atoms with Gasteiger partial charge in [0.2, 0.25) is 5.91 Å². The first-order valence-electron chi connectivity index (χ1n) is 12.6. The van der Waals surface area contributed by atoms with Crippen molar-refractivity contribution < 1.29 is 23.1 Å². The molecule has 1 N–H and O–H groups in total. The van der Waals surface area contributed by atoms with Crippen molar-refractivity contribution in [2.45, 2.75) is 76.6 Å². The average molecular weight is 569 g/mol. The maximum atomic E-state index is 14.2. The van der Waals surface area contributed by atoms with E-state index in [2.05, 4.69) is 0 Å². The quantitative estimate of drug-likeness (QED) is 0.352. The first-order chi connectivity index (χ1) is 17.3. The summed E-state index contributed by atoms with van der Waals surface area (Å²) in [5.41, 5.74) is 0.440. The predicted octanol–water partition coefficient (Wildman–Crippen LogP) is 6.52. The van der Waals surface area contributed by atoms with Gasteiger partial charge in [0.05, 0.1) is 28.9 Å². The number of piperidine rings is 1. The Labute approximate surface area is 229 Å². The average Bonchev–Trinajstić information content (AvgIpc) is 2.83. The molecule has 0 aromatic heterocycles. The molecule has 2 aromatic rings. The third-order valence-corrected chi connectivity index (χ3v) is 10.5. The lowest BCUT2D eigenvalue weighted by atomic mass is 9.67. The van der Waals surface area contributed by atoms with Crippen molar-refractivity contribution in [2.75, 3.05) is 5.75 Å². The summed E-state index contributed by atoms with van der Waals surface area (Å²) in [4.78, 5) is 27.8. The van der Waals surface area contributed by atoms with Gasteiger partial charge in [-0.05, 0) is 61.6 Å². The number of rotatable bonds is 10. The van der Waals surface area contributed by atoms with Crippen LogP contribution in [0, 0.1) is 5.41 Å². The van der Waals surface area contributed by atoms with E-state index in [1.54, 1.807) is 36.9 Å². The van der Waals surface area contributed by atoms with Gasteiger partial charge in [-0.2, -0.15) is 0 Å². The number of amides is 1. The van der Waals surface area contributed by atoms with E-state index in [4.69, 9.17) is 23.2 Å². The second kappa shape index (κ2) is 11.7. The molecule has 0 bridgehead atoms. The van der Waals surface area contributed by atoms with Crippen LogP contribution in [0.3, 0.4) is 0 Å². The van der Waals surface area contributed by atoms with Crippen LogP contribution in [0.2, 0.25) is 10.0 Å². The maximum Gasteiger partial charge on any atom is 0.304 e. The Morgan fingerprint density at radius 3 is 2.27 bits per heavy atom. The highest BCUT2D eigenvalue weighted by Crippen LogP contribution is 2.52. The fourth-order valence-corrected chi connectivity index (χ4v) is 7.46. The fraction of sp³-hybridized carbons (Fsp3) is 0.500. The van der Waals surface area contributed by atoms with E-state index in [0.717, 1.165) is 11.1 Å². The molecular weight excluding hydrogens is 533 g/mol. The zero-order valence-corrected chi connectivity index (χ0v) is 24.0. The summed E-state index contributed by atoms with van der Waals surface area (Å²) in [5, 5.41) is 10.3. The molecule has 1 amide bonds. The first-order valence-corrected chi connectivity index (χ1v) is 15.1. The highest BCUT2D eigenvalue weighted by molar-refractivity contribution is 7.92. The predicted molar refractivity (Wildman–Crippen MR) is 148 cm³/mol. The van der Waals surface area contributed by atoms with Gasteiger partial charge in [-0.1, -0.05) is 68.2 Å².